The summed E-state index contributed by atoms with van der Waals surface area (Å²) in [6, 6.07) is 12.2. The van der Waals surface area contributed by atoms with Crippen LogP contribution in [0.2, 0.25) is 0 Å². The van der Waals surface area contributed by atoms with Crippen molar-refractivity contribution in [2.24, 2.45) is 11.8 Å². The van der Waals surface area contributed by atoms with Crippen molar-refractivity contribution in [3.63, 3.8) is 0 Å². The number of sulfonamides is 1. The predicted octanol–water partition coefficient (Wildman–Crippen LogP) is 3.25. The van der Waals surface area contributed by atoms with Gasteiger partial charge < -0.3 is 19.8 Å². The molecule has 2 N–H and O–H groups in total. The van der Waals surface area contributed by atoms with Crippen molar-refractivity contribution in [2.75, 3.05) is 26.3 Å². The molecule has 35 heavy (non-hydrogen) atoms. The van der Waals surface area contributed by atoms with Crippen molar-refractivity contribution in [1.29, 1.82) is 0 Å². The number of nitrogens with zero attached hydrogens (tertiary/aromatic N) is 2. The molecule has 0 radical (unpaired) electrons. The van der Waals surface area contributed by atoms with Crippen LogP contribution in [-0.4, -0.2) is 54.9 Å². The number of fused-ring (bicyclic) bond motifs is 2. The second kappa shape index (κ2) is 9.50. The summed E-state index contributed by atoms with van der Waals surface area (Å²) in [5.74, 6) is 1.53. The highest BCUT2D eigenvalue weighted by molar-refractivity contribution is 7.89. The fraction of sp³-hybridized carbons (Fsp3) is 0.440. The average Bonchev–Trinajstić information content (AvgIpc) is 3.30. The number of aromatic amines is 1. The standard InChI is InChI=1S/C25H30N4O5S/c1-16(2)23(24-26-19-5-3-4-6-20(19)27-24)28-25(30)17-9-11-29(12-10-17)35(31,32)18-7-8-21-22(15-18)34-14-13-33-21/h3-8,15-17,23H,9-14H2,1-2H3,(H,26,27)(H,28,30). The number of nitrogens with one attached hydrogen (secondary N) is 2. The van der Waals surface area contributed by atoms with Crippen molar-refractivity contribution < 1.29 is 22.7 Å². The first kappa shape index (κ1) is 23.6. The zero-order valence-electron chi connectivity index (χ0n) is 19.9. The lowest BCUT2D eigenvalue weighted by Gasteiger charge is -2.32. The van der Waals surface area contributed by atoms with Crippen LogP contribution in [0.5, 0.6) is 11.5 Å². The molecule has 3 aromatic rings. The molecule has 1 aromatic heterocycles. The zero-order valence-corrected chi connectivity index (χ0v) is 20.7. The molecule has 2 aromatic carbocycles. The van der Waals surface area contributed by atoms with Gasteiger partial charge in [0, 0.05) is 25.1 Å². The fourth-order valence-corrected chi connectivity index (χ4v) is 6.12. The van der Waals surface area contributed by atoms with E-state index in [4.69, 9.17) is 9.47 Å². The molecule has 9 nitrogen and oxygen atoms in total. The number of hydrogen-bond donors (Lipinski definition) is 2. The van der Waals surface area contributed by atoms with Gasteiger partial charge in [0.25, 0.3) is 0 Å². The number of rotatable bonds is 6. The second-order valence-corrected chi connectivity index (χ2v) is 11.3. The van der Waals surface area contributed by atoms with Gasteiger partial charge in [0.05, 0.1) is 22.0 Å². The molecule has 2 aliphatic rings. The number of ether oxygens (including phenoxy) is 2. The lowest BCUT2D eigenvalue weighted by molar-refractivity contribution is -0.127. The van der Waals surface area contributed by atoms with Gasteiger partial charge >= 0.3 is 0 Å². The maximum Gasteiger partial charge on any atom is 0.243 e. The Balaban J connectivity index is 1.24. The van der Waals surface area contributed by atoms with E-state index in [0.717, 1.165) is 16.9 Å². The molecule has 0 spiro atoms. The van der Waals surface area contributed by atoms with Crippen molar-refractivity contribution >= 4 is 27.0 Å². The van der Waals surface area contributed by atoms with E-state index in [2.05, 4.69) is 15.3 Å². The molecule has 1 unspecified atom stereocenters. The average molecular weight is 499 g/mol. The van der Waals surface area contributed by atoms with E-state index in [-0.39, 0.29) is 41.8 Å². The summed E-state index contributed by atoms with van der Waals surface area (Å²) in [4.78, 5) is 21.3. The van der Waals surface area contributed by atoms with Gasteiger partial charge in [-0.15, -0.1) is 0 Å². The van der Waals surface area contributed by atoms with Gasteiger partial charge in [0.2, 0.25) is 15.9 Å². The third kappa shape index (κ3) is 4.72. The molecule has 10 heteroatoms. The Hall–Kier alpha value is -3.11. The smallest absolute Gasteiger partial charge is 0.243 e. The van der Waals surface area contributed by atoms with Gasteiger partial charge in [-0.05, 0) is 43.0 Å². The number of hydrogen-bond acceptors (Lipinski definition) is 6. The minimum absolute atomic E-state index is 0.0690. The minimum Gasteiger partial charge on any atom is -0.486 e. The SMILES string of the molecule is CC(C)C(NC(=O)C1CCN(S(=O)(=O)c2ccc3c(c2)OCCO3)CC1)c1nc2ccccc2[nH]1. The number of amides is 1. The minimum atomic E-state index is -3.69. The maximum absolute atomic E-state index is 13.2. The first-order valence-corrected chi connectivity index (χ1v) is 13.4. The van der Waals surface area contributed by atoms with Crippen LogP contribution >= 0.6 is 0 Å². The highest BCUT2D eigenvalue weighted by Gasteiger charge is 2.34. The van der Waals surface area contributed by atoms with Gasteiger partial charge in [-0.25, -0.2) is 13.4 Å². The number of carbonyl (C=O) groups excluding carboxylic acids is 1. The molecular formula is C25H30N4O5S. The molecule has 5 rings (SSSR count). The number of carbonyl (C=O) groups is 1. The summed E-state index contributed by atoms with van der Waals surface area (Å²) in [6.07, 6.45) is 0.918. The van der Waals surface area contributed by atoms with Crippen LogP contribution in [0.25, 0.3) is 11.0 Å². The predicted molar refractivity (Wildman–Crippen MR) is 131 cm³/mol. The lowest BCUT2D eigenvalue weighted by atomic mass is 9.95. The summed E-state index contributed by atoms with van der Waals surface area (Å²) in [6.45, 7) is 5.49. The largest absolute Gasteiger partial charge is 0.486 e. The number of para-hydroxylation sites is 2. The van der Waals surface area contributed by atoms with E-state index in [1.165, 1.54) is 10.4 Å². The Morgan fingerprint density at radius 2 is 1.80 bits per heavy atom. The van der Waals surface area contributed by atoms with E-state index in [1.54, 1.807) is 12.1 Å². The number of H-pyrrole nitrogens is 1. The molecule has 0 aliphatic carbocycles. The summed E-state index contributed by atoms with van der Waals surface area (Å²) in [5, 5.41) is 3.15. The molecule has 1 saturated heterocycles. The van der Waals surface area contributed by atoms with Crippen LogP contribution in [0.4, 0.5) is 0 Å². The summed E-state index contributed by atoms with van der Waals surface area (Å²) >= 11 is 0. The lowest BCUT2D eigenvalue weighted by Crippen LogP contribution is -2.44. The van der Waals surface area contributed by atoms with Crippen LogP contribution in [0.1, 0.15) is 38.6 Å². The Bertz CT molecular complexity index is 1300. The van der Waals surface area contributed by atoms with E-state index >= 15 is 0 Å². The second-order valence-electron chi connectivity index (χ2n) is 9.35. The first-order valence-electron chi connectivity index (χ1n) is 12.0. The van der Waals surface area contributed by atoms with Crippen LogP contribution in [-0.2, 0) is 14.8 Å². The van der Waals surface area contributed by atoms with Crippen LogP contribution in [0.15, 0.2) is 47.4 Å². The van der Waals surface area contributed by atoms with Gasteiger partial charge in [-0.3, -0.25) is 4.79 Å². The molecule has 186 valence electrons. The molecule has 1 fully saturated rings. The molecule has 0 saturated carbocycles. The van der Waals surface area contributed by atoms with Crippen molar-refractivity contribution in [3.05, 3.63) is 48.3 Å². The van der Waals surface area contributed by atoms with Crippen LogP contribution in [0, 0.1) is 11.8 Å². The number of piperidine rings is 1. The third-order valence-corrected chi connectivity index (χ3v) is 8.54. The molecule has 0 bridgehead atoms. The topological polar surface area (TPSA) is 114 Å². The first-order chi connectivity index (χ1) is 16.8. The Morgan fingerprint density at radius 3 is 2.51 bits per heavy atom. The Morgan fingerprint density at radius 1 is 1.09 bits per heavy atom. The van der Waals surface area contributed by atoms with E-state index in [0.29, 0.717) is 37.6 Å². The van der Waals surface area contributed by atoms with Crippen LogP contribution in [0.3, 0.4) is 0 Å². The van der Waals surface area contributed by atoms with Crippen molar-refractivity contribution in [2.45, 2.75) is 37.6 Å². The van der Waals surface area contributed by atoms with Gasteiger partial charge in [0.1, 0.15) is 19.0 Å². The molecule has 2 aliphatic heterocycles. The van der Waals surface area contributed by atoms with E-state index in [9.17, 15) is 13.2 Å². The Labute approximate surface area is 204 Å². The fourth-order valence-electron chi connectivity index (χ4n) is 4.63. The van der Waals surface area contributed by atoms with E-state index < -0.39 is 10.0 Å². The van der Waals surface area contributed by atoms with Crippen LogP contribution < -0.4 is 14.8 Å². The number of imidazole rings is 1. The molecule has 1 atom stereocenters. The highest BCUT2D eigenvalue weighted by atomic mass is 32.2. The van der Waals surface area contributed by atoms with Crippen molar-refractivity contribution in [1.82, 2.24) is 19.6 Å². The maximum atomic E-state index is 13.2. The highest BCUT2D eigenvalue weighted by Crippen LogP contribution is 2.34. The summed E-state index contributed by atoms with van der Waals surface area (Å²) in [7, 11) is -3.69. The monoisotopic (exact) mass is 498 g/mol. The van der Waals surface area contributed by atoms with Gasteiger partial charge in [-0.2, -0.15) is 4.31 Å². The normalized spacial score (nSPS) is 18.0. The number of benzene rings is 2. The molecular weight excluding hydrogens is 468 g/mol. The quantitative estimate of drug-likeness (QED) is 0.539. The summed E-state index contributed by atoms with van der Waals surface area (Å²) in [5.41, 5.74) is 1.79. The zero-order chi connectivity index (χ0) is 24.6. The molecule has 1 amide bonds. The number of aromatic nitrogens is 2. The third-order valence-electron chi connectivity index (χ3n) is 6.64. The Kier molecular flexibility index (Phi) is 6.41. The summed E-state index contributed by atoms with van der Waals surface area (Å²) < 4.78 is 38.9. The molecule has 3 heterocycles. The van der Waals surface area contributed by atoms with E-state index in [1.807, 2.05) is 38.1 Å². The van der Waals surface area contributed by atoms with Gasteiger partial charge in [-0.1, -0.05) is 26.0 Å². The van der Waals surface area contributed by atoms with Gasteiger partial charge in [0.15, 0.2) is 11.5 Å². The van der Waals surface area contributed by atoms with Crippen molar-refractivity contribution in [3.8, 4) is 11.5 Å².